The summed E-state index contributed by atoms with van der Waals surface area (Å²) in [6.07, 6.45) is 1.61. The molecule has 3 heterocycles. The summed E-state index contributed by atoms with van der Waals surface area (Å²) in [6.45, 7) is 0.302. The summed E-state index contributed by atoms with van der Waals surface area (Å²) in [5, 5.41) is 24.1. The Morgan fingerprint density at radius 1 is 0.865 bits per heavy atom. The van der Waals surface area contributed by atoms with Crippen LogP contribution in [-0.2, 0) is 6.54 Å². The lowest BCUT2D eigenvalue weighted by Crippen LogP contribution is -2.04. The molecule has 0 fully saturated rings. The maximum atomic E-state index is 10.9. The third-order valence-electron chi connectivity index (χ3n) is 5.82. The second-order valence-corrected chi connectivity index (χ2v) is 8.21. The Labute approximate surface area is 210 Å². The number of nitro benzene ring substituents is 1. The Morgan fingerprint density at radius 2 is 1.59 bits per heavy atom. The standard InChI is InChI=1S/C27H19N7O3/c35-34(36)22-15-13-19(14-16-22)18-32-30-26(29-31-32)24-25(20-8-3-1-4-9-20)33(21-10-5-2-6-11-21)27(28-24)23-12-7-17-37-23/h1-17H,18H2. The largest absolute Gasteiger partial charge is 0.461 e. The van der Waals surface area contributed by atoms with Gasteiger partial charge in [0.15, 0.2) is 11.6 Å². The Balaban J connectivity index is 1.48. The summed E-state index contributed by atoms with van der Waals surface area (Å²) in [7, 11) is 0. The summed E-state index contributed by atoms with van der Waals surface area (Å²) in [5.41, 5.74) is 4.02. The van der Waals surface area contributed by atoms with E-state index in [9.17, 15) is 10.1 Å². The number of rotatable bonds is 7. The summed E-state index contributed by atoms with van der Waals surface area (Å²) < 4.78 is 7.77. The minimum absolute atomic E-state index is 0.0281. The number of tetrazole rings is 1. The van der Waals surface area contributed by atoms with Crippen molar-refractivity contribution in [2.75, 3.05) is 0 Å². The van der Waals surface area contributed by atoms with Gasteiger partial charge in [-0.2, -0.15) is 4.80 Å². The van der Waals surface area contributed by atoms with E-state index in [0.717, 1.165) is 22.5 Å². The van der Waals surface area contributed by atoms with Gasteiger partial charge in [-0.05, 0) is 35.0 Å². The molecule has 6 aromatic rings. The molecule has 0 N–H and O–H groups in total. The van der Waals surface area contributed by atoms with E-state index in [1.165, 1.54) is 16.9 Å². The van der Waals surface area contributed by atoms with Crippen LogP contribution >= 0.6 is 0 Å². The summed E-state index contributed by atoms with van der Waals surface area (Å²) in [5.74, 6) is 1.56. The maximum Gasteiger partial charge on any atom is 0.269 e. The van der Waals surface area contributed by atoms with Gasteiger partial charge in [0, 0.05) is 23.4 Å². The second kappa shape index (κ2) is 9.34. The SMILES string of the molecule is O=[N+]([O-])c1ccc(Cn2nnc(-c3nc(-c4ccco4)n(-c4ccccc4)c3-c3ccccc3)n2)cc1. The molecular weight excluding hydrogens is 470 g/mol. The zero-order valence-corrected chi connectivity index (χ0v) is 19.4. The minimum atomic E-state index is -0.430. The number of nitro groups is 1. The van der Waals surface area contributed by atoms with Gasteiger partial charge in [-0.1, -0.05) is 60.7 Å². The molecule has 10 nitrogen and oxygen atoms in total. The number of benzene rings is 3. The van der Waals surface area contributed by atoms with Gasteiger partial charge in [-0.15, -0.1) is 10.2 Å². The van der Waals surface area contributed by atoms with E-state index in [4.69, 9.17) is 9.40 Å². The lowest BCUT2D eigenvalue weighted by molar-refractivity contribution is -0.384. The van der Waals surface area contributed by atoms with Crippen LogP contribution in [0.1, 0.15) is 5.56 Å². The normalized spacial score (nSPS) is 11.0. The molecule has 3 aromatic heterocycles. The lowest BCUT2D eigenvalue weighted by Gasteiger charge is -2.12. The highest BCUT2D eigenvalue weighted by Gasteiger charge is 2.26. The summed E-state index contributed by atoms with van der Waals surface area (Å²) in [4.78, 5) is 16.9. The molecule has 0 aliphatic rings. The summed E-state index contributed by atoms with van der Waals surface area (Å²) in [6, 6.07) is 29.7. The van der Waals surface area contributed by atoms with E-state index in [2.05, 4.69) is 15.4 Å². The van der Waals surface area contributed by atoms with Crippen LogP contribution in [0.5, 0.6) is 0 Å². The van der Waals surface area contributed by atoms with Gasteiger partial charge >= 0.3 is 0 Å². The number of nitrogens with zero attached hydrogens (tertiary/aromatic N) is 7. The Kier molecular flexibility index (Phi) is 5.58. The first-order chi connectivity index (χ1) is 18.2. The number of hydrogen-bond donors (Lipinski definition) is 0. The van der Waals surface area contributed by atoms with E-state index in [1.54, 1.807) is 18.4 Å². The molecule has 6 rings (SSSR count). The highest BCUT2D eigenvalue weighted by molar-refractivity contribution is 5.80. The van der Waals surface area contributed by atoms with Gasteiger partial charge in [0.2, 0.25) is 5.82 Å². The average Bonchev–Trinajstić information content (AvgIpc) is 3.70. The fourth-order valence-electron chi connectivity index (χ4n) is 4.13. The Hall–Kier alpha value is -5.38. The van der Waals surface area contributed by atoms with Crippen LogP contribution in [0.3, 0.4) is 0 Å². The van der Waals surface area contributed by atoms with Crippen molar-refractivity contribution >= 4 is 5.69 Å². The van der Waals surface area contributed by atoms with Crippen LogP contribution in [0.2, 0.25) is 0 Å². The van der Waals surface area contributed by atoms with E-state index in [1.807, 2.05) is 77.4 Å². The monoisotopic (exact) mass is 489 g/mol. The summed E-state index contributed by atoms with van der Waals surface area (Å²) >= 11 is 0. The predicted molar refractivity (Wildman–Crippen MR) is 136 cm³/mol. The topological polar surface area (TPSA) is 118 Å². The third kappa shape index (κ3) is 4.27. The zero-order chi connectivity index (χ0) is 25.2. The second-order valence-electron chi connectivity index (χ2n) is 8.21. The molecular formula is C27H19N7O3. The molecule has 0 atom stereocenters. The van der Waals surface area contributed by atoms with E-state index in [-0.39, 0.29) is 5.69 Å². The number of furan rings is 1. The van der Waals surface area contributed by atoms with Crippen LogP contribution in [0.15, 0.2) is 108 Å². The molecule has 0 radical (unpaired) electrons. The van der Waals surface area contributed by atoms with Gasteiger partial charge in [-0.3, -0.25) is 14.7 Å². The van der Waals surface area contributed by atoms with Crippen molar-refractivity contribution < 1.29 is 9.34 Å². The maximum absolute atomic E-state index is 10.9. The molecule has 0 aliphatic heterocycles. The van der Waals surface area contributed by atoms with Crippen molar-refractivity contribution in [1.82, 2.24) is 29.8 Å². The molecule has 3 aromatic carbocycles. The van der Waals surface area contributed by atoms with E-state index >= 15 is 0 Å². The first kappa shape index (κ1) is 22.1. The zero-order valence-electron chi connectivity index (χ0n) is 19.4. The Morgan fingerprint density at radius 3 is 2.27 bits per heavy atom. The smallest absolute Gasteiger partial charge is 0.269 e. The quantitative estimate of drug-likeness (QED) is 0.217. The molecule has 0 amide bonds. The van der Waals surface area contributed by atoms with Crippen molar-refractivity contribution in [3.05, 3.63) is 119 Å². The molecule has 10 heteroatoms. The van der Waals surface area contributed by atoms with Crippen LogP contribution in [0.4, 0.5) is 5.69 Å². The highest BCUT2D eigenvalue weighted by atomic mass is 16.6. The van der Waals surface area contributed by atoms with Crippen LogP contribution in [-0.4, -0.2) is 34.7 Å². The van der Waals surface area contributed by atoms with E-state index in [0.29, 0.717) is 29.6 Å². The number of imidazole rings is 1. The number of aromatic nitrogens is 6. The van der Waals surface area contributed by atoms with Gasteiger partial charge in [0.05, 0.1) is 23.4 Å². The van der Waals surface area contributed by atoms with Crippen LogP contribution in [0.25, 0.3) is 40.0 Å². The molecule has 0 saturated heterocycles. The van der Waals surface area contributed by atoms with Crippen molar-refractivity contribution in [2.45, 2.75) is 6.54 Å². The predicted octanol–water partition coefficient (Wildman–Crippen LogP) is 5.41. The number of hydrogen-bond acceptors (Lipinski definition) is 7. The van der Waals surface area contributed by atoms with Gasteiger partial charge in [0.25, 0.3) is 5.69 Å². The first-order valence-corrected chi connectivity index (χ1v) is 11.5. The molecule has 0 spiro atoms. The minimum Gasteiger partial charge on any atom is -0.461 e. The van der Waals surface area contributed by atoms with Crippen LogP contribution < -0.4 is 0 Å². The van der Waals surface area contributed by atoms with Crippen molar-refractivity contribution in [3.8, 4) is 40.0 Å². The molecule has 180 valence electrons. The molecule has 0 aliphatic carbocycles. The van der Waals surface area contributed by atoms with Crippen LogP contribution in [0, 0.1) is 10.1 Å². The third-order valence-corrected chi connectivity index (χ3v) is 5.82. The lowest BCUT2D eigenvalue weighted by atomic mass is 10.1. The van der Waals surface area contributed by atoms with Gasteiger partial charge < -0.3 is 4.42 Å². The fourth-order valence-corrected chi connectivity index (χ4v) is 4.13. The average molecular weight is 489 g/mol. The van der Waals surface area contributed by atoms with Crippen molar-refractivity contribution in [1.29, 1.82) is 0 Å². The fraction of sp³-hybridized carbons (Fsp3) is 0.0370. The first-order valence-electron chi connectivity index (χ1n) is 11.5. The molecule has 0 unspecified atom stereocenters. The van der Waals surface area contributed by atoms with Crippen molar-refractivity contribution in [2.24, 2.45) is 0 Å². The number of para-hydroxylation sites is 1. The van der Waals surface area contributed by atoms with Gasteiger partial charge in [-0.25, -0.2) is 4.98 Å². The molecule has 0 bridgehead atoms. The van der Waals surface area contributed by atoms with Gasteiger partial charge in [0.1, 0.15) is 5.69 Å². The molecule has 0 saturated carbocycles. The van der Waals surface area contributed by atoms with Crippen molar-refractivity contribution in [3.63, 3.8) is 0 Å². The highest BCUT2D eigenvalue weighted by Crippen LogP contribution is 2.37. The Bertz CT molecular complexity index is 1660. The van der Waals surface area contributed by atoms with E-state index < -0.39 is 4.92 Å². The number of non-ortho nitro benzene ring substituents is 1. The molecule has 37 heavy (non-hydrogen) atoms.